The number of carbonyl (C=O) groups is 1. The number of nitrogens with one attached hydrogen (secondary N) is 1. The molecule has 2 aliphatic heterocycles. The SMILES string of the molecule is CN1C2CCC1CC(CNC(=O)c1cc(Cl)ccc1N)C2. The average Bonchev–Trinajstić information content (AvgIpc) is 2.69. The summed E-state index contributed by atoms with van der Waals surface area (Å²) in [6.45, 7) is 0.728. The molecule has 0 radical (unpaired) electrons. The summed E-state index contributed by atoms with van der Waals surface area (Å²) in [6, 6.07) is 6.39. The van der Waals surface area contributed by atoms with Crippen molar-refractivity contribution in [3.8, 4) is 0 Å². The van der Waals surface area contributed by atoms with Gasteiger partial charge in [0.25, 0.3) is 5.91 Å². The van der Waals surface area contributed by atoms with Gasteiger partial charge in [-0.1, -0.05) is 11.6 Å². The van der Waals surface area contributed by atoms with Crippen molar-refractivity contribution in [2.45, 2.75) is 37.8 Å². The van der Waals surface area contributed by atoms with Crippen molar-refractivity contribution < 1.29 is 4.79 Å². The fourth-order valence-corrected chi connectivity index (χ4v) is 3.92. The Morgan fingerprint density at radius 1 is 1.38 bits per heavy atom. The number of nitrogens with two attached hydrogens (primary N) is 1. The maximum Gasteiger partial charge on any atom is 0.253 e. The minimum atomic E-state index is -0.124. The molecule has 3 N–H and O–H groups in total. The summed E-state index contributed by atoms with van der Waals surface area (Å²) in [5.41, 5.74) is 6.79. The Balaban J connectivity index is 1.58. The van der Waals surface area contributed by atoms with Gasteiger partial charge in [0.05, 0.1) is 5.56 Å². The third-order valence-corrected chi connectivity index (χ3v) is 5.24. The van der Waals surface area contributed by atoms with Crippen molar-refractivity contribution in [3.63, 3.8) is 0 Å². The Bertz CT molecular complexity index is 534. The number of anilines is 1. The molecule has 5 heteroatoms. The number of hydrogen-bond acceptors (Lipinski definition) is 3. The normalized spacial score (nSPS) is 28.6. The monoisotopic (exact) mass is 307 g/mol. The number of carbonyl (C=O) groups excluding carboxylic acids is 1. The average molecular weight is 308 g/mol. The van der Waals surface area contributed by atoms with Crippen LogP contribution in [0.4, 0.5) is 5.69 Å². The van der Waals surface area contributed by atoms with E-state index >= 15 is 0 Å². The van der Waals surface area contributed by atoms with Crippen molar-refractivity contribution in [1.29, 1.82) is 0 Å². The van der Waals surface area contributed by atoms with Gasteiger partial charge >= 0.3 is 0 Å². The quantitative estimate of drug-likeness (QED) is 0.844. The molecular formula is C16H22ClN3O. The molecule has 0 saturated carbocycles. The number of hydrogen-bond donors (Lipinski definition) is 2. The number of piperidine rings is 1. The van der Waals surface area contributed by atoms with Gasteiger partial charge in [0.15, 0.2) is 0 Å². The fraction of sp³-hybridized carbons (Fsp3) is 0.562. The zero-order chi connectivity index (χ0) is 15.0. The maximum atomic E-state index is 12.2. The molecule has 2 unspecified atom stereocenters. The van der Waals surface area contributed by atoms with E-state index < -0.39 is 0 Å². The number of nitrogen functional groups attached to an aromatic ring is 1. The van der Waals surface area contributed by atoms with Gasteiger partial charge in [0.2, 0.25) is 0 Å². The van der Waals surface area contributed by atoms with Crippen molar-refractivity contribution in [2.24, 2.45) is 5.92 Å². The van der Waals surface area contributed by atoms with E-state index in [0.29, 0.717) is 34.3 Å². The molecule has 0 aliphatic carbocycles. The van der Waals surface area contributed by atoms with Gasteiger partial charge in [-0.3, -0.25) is 4.79 Å². The third kappa shape index (κ3) is 3.01. The zero-order valence-corrected chi connectivity index (χ0v) is 13.1. The first-order chi connectivity index (χ1) is 10.0. The van der Waals surface area contributed by atoms with E-state index in [1.807, 2.05) is 0 Å². The minimum Gasteiger partial charge on any atom is -0.398 e. The summed E-state index contributed by atoms with van der Waals surface area (Å²) in [6.07, 6.45) is 4.95. The van der Waals surface area contributed by atoms with E-state index in [9.17, 15) is 4.79 Å². The lowest BCUT2D eigenvalue weighted by Gasteiger charge is -2.36. The Hall–Kier alpha value is -1.26. The van der Waals surface area contributed by atoms with Crippen molar-refractivity contribution in [2.75, 3.05) is 19.3 Å². The summed E-state index contributed by atoms with van der Waals surface area (Å²) in [5.74, 6) is 0.448. The molecule has 4 nitrogen and oxygen atoms in total. The number of benzene rings is 1. The van der Waals surface area contributed by atoms with Crippen LogP contribution in [0.2, 0.25) is 5.02 Å². The molecule has 2 bridgehead atoms. The van der Waals surface area contributed by atoms with Crippen LogP contribution in [0.1, 0.15) is 36.0 Å². The summed E-state index contributed by atoms with van der Waals surface area (Å²) in [5, 5.41) is 3.56. The van der Waals surface area contributed by atoms with Gasteiger partial charge in [-0.05, 0) is 56.8 Å². The van der Waals surface area contributed by atoms with Crippen LogP contribution in [0.3, 0.4) is 0 Å². The first-order valence-corrected chi connectivity index (χ1v) is 7.97. The van der Waals surface area contributed by atoms with Crippen LogP contribution in [0, 0.1) is 5.92 Å². The van der Waals surface area contributed by atoms with Crippen LogP contribution in [-0.4, -0.2) is 36.5 Å². The fourth-order valence-electron chi connectivity index (χ4n) is 3.75. The molecule has 2 heterocycles. The number of halogens is 1. The highest BCUT2D eigenvalue weighted by molar-refractivity contribution is 6.31. The maximum absolute atomic E-state index is 12.2. The highest BCUT2D eigenvalue weighted by Crippen LogP contribution is 2.37. The molecule has 0 aromatic heterocycles. The number of rotatable bonds is 3. The predicted octanol–water partition coefficient (Wildman–Crippen LogP) is 2.52. The molecular weight excluding hydrogens is 286 g/mol. The van der Waals surface area contributed by atoms with Crippen LogP contribution < -0.4 is 11.1 Å². The molecule has 2 fully saturated rings. The molecule has 21 heavy (non-hydrogen) atoms. The topological polar surface area (TPSA) is 58.4 Å². The van der Waals surface area contributed by atoms with Gasteiger partial charge in [-0.25, -0.2) is 0 Å². The minimum absolute atomic E-state index is 0.124. The van der Waals surface area contributed by atoms with Crippen molar-refractivity contribution in [1.82, 2.24) is 10.2 Å². The van der Waals surface area contributed by atoms with Crippen LogP contribution in [0.5, 0.6) is 0 Å². The molecule has 0 spiro atoms. The Kier molecular flexibility index (Phi) is 4.09. The second kappa shape index (κ2) is 5.85. The van der Waals surface area contributed by atoms with Crippen LogP contribution in [0.25, 0.3) is 0 Å². The van der Waals surface area contributed by atoms with Crippen LogP contribution in [0.15, 0.2) is 18.2 Å². The van der Waals surface area contributed by atoms with E-state index in [0.717, 1.165) is 6.54 Å². The molecule has 1 aromatic carbocycles. The number of fused-ring (bicyclic) bond motifs is 2. The van der Waals surface area contributed by atoms with Crippen molar-refractivity contribution in [3.05, 3.63) is 28.8 Å². The Labute approximate surface area is 130 Å². The lowest BCUT2D eigenvalue weighted by molar-refractivity contribution is 0.0918. The second-order valence-corrected chi connectivity index (χ2v) is 6.77. The van der Waals surface area contributed by atoms with Gasteiger partial charge in [-0.2, -0.15) is 0 Å². The lowest BCUT2D eigenvalue weighted by Crippen LogP contribution is -2.43. The highest BCUT2D eigenvalue weighted by atomic mass is 35.5. The largest absolute Gasteiger partial charge is 0.398 e. The van der Waals surface area contributed by atoms with Crippen LogP contribution in [-0.2, 0) is 0 Å². The summed E-state index contributed by atoms with van der Waals surface area (Å²) >= 11 is 5.93. The van der Waals surface area contributed by atoms with E-state index in [1.165, 1.54) is 25.7 Å². The smallest absolute Gasteiger partial charge is 0.253 e. The number of amides is 1. The predicted molar refractivity (Wildman–Crippen MR) is 85.5 cm³/mol. The van der Waals surface area contributed by atoms with Gasteiger partial charge in [0, 0.05) is 29.3 Å². The number of nitrogens with zero attached hydrogens (tertiary/aromatic N) is 1. The molecule has 2 atom stereocenters. The summed E-state index contributed by atoms with van der Waals surface area (Å²) in [7, 11) is 2.23. The van der Waals surface area contributed by atoms with Crippen molar-refractivity contribution >= 4 is 23.2 Å². The molecule has 3 rings (SSSR count). The van der Waals surface area contributed by atoms with E-state index in [1.54, 1.807) is 18.2 Å². The summed E-state index contributed by atoms with van der Waals surface area (Å²) in [4.78, 5) is 14.8. The first kappa shape index (κ1) is 14.7. The van der Waals surface area contributed by atoms with Crippen LogP contribution >= 0.6 is 11.6 Å². The summed E-state index contributed by atoms with van der Waals surface area (Å²) < 4.78 is 0. The first-order valence-electron chi connectivity index (χ1n) is 7.59. The molecule has 2 saturated heterocycles. The van der Waals surface area contributed by atoms with Gasteiger partial charge < -0.3 is 16.0 Å². The standard InChI is InChI=1S/C16H22ClN3O/c1-20-12-3-4-13(20)7-10(6-12)9-19-16(21)14-8-11(17)2-5-15(14)18/h2,5,8,10,12-13H,3-4,6-7,9,18H2,1H3,(H,19,21). The van der Waals surface area contributed by atoms with E-state index in [-0.39, 0.29) is 5.91 Å². The van der Waals surface area contributed by atoms with E-state index in [4.69, 9.17) is 17.3 Å². The van der Waals surface area contributed by atoms with Gasteiger partial charge in [0.1, 0.15) is 0 Å². The molecule has 1 aromatic rings. The molecule has 2 aliphatic rings. The second-order valence-electron chi connectivity index (χ2n) is 6.33. The Morgan fingerprint density at radius 3 is 2.71 bits per heavy atom. The highest BCUT2D eigenvalue weighted by Gasteiger charge is 2.38. The van der Waals surface area contributed by atoms with Gasteiger partial charge in [-0.15, -0.1) is 0 Å². The lowest BCUT2D eigenvalue weighted by atomic mass is 9.91. The van der Waals surface area contributed by atoms with E-state index in [2.05, 4.69) is 17.3 Å². The Morgan fingerprint density at radius 2 is 2.05 bits per heavy atom. The molecule has 1 amide bonds. The zero-order valence-electron chi connectivity index (χ0n) is 12.3. The third-order valence-electron chi connectivity index (χ3n) is 5.01. The molecule has 114 valence electrons.